The molecule has 1 unspecified atom stereocenters. The summed E-state index contributed by atoms with van der Waals surface area (Å²) < 4.78 is 0. The molecule has 0 bridgehead atoms. The van der Waals surface area contributed by atoms with Crippen molar-refractivity contribution in [3.05, 3.63) is 33.9 Å². The van der Waals surface area contributed by atoms with Crippen LogP contribution < -0.4 is 5.32 Å². The van der Waals surface area contributed by atoms with E-state index in [9.17, 15) is 20.0 Å². The van der Waals surface area contributed by atoms with Crippen LogP contribution in [-0.4, -0.2) is 21.5 Å². The van der Waals surface area contributed by atoms with Crippen LogP contribution in [0.25, 0.3) is 0 Å². The van der Waals surface area contributed by atoms with Gasteiger partial charge in [-0.3, -0.25) is 10.1 Å². The summed E-state index contributed by atoms with van der Waals surface area (Å²) in [4.78, 5) is 21.5. The van der Waals surface area contributed by atoms with Gasteiger partial charge in [-0.1, -0.05) is 13.3 Å². The average molecular weight is 266 g/mol. The number of carbonyl (C=O) groups is 1. The molecule has 0 aromatic heterocycles. The third-order valence-electron chi connectivity index (χ3n) is 3.05. The molecule has 0 aliphatic carbocycles. The van der Waals surface area contributed by atoms with Crippen molar-refractivity contribution < 1.29 is 14.8 Å². The minimum Gasteiger partial charge on any atom is -0.480 e. The molecule has 2 N–H and O–H groups in total. The number of non-ortho nitro benzene ring substituents is 1. The van der Waals surface area contributed by atoms with Gasteiger partial charge in [0.1, 0.15) is 5.54 Å². The molecule has 104 valence electrons. The lowest BCUT2D eigenvalue weighted by molar-refractivity contribution is -0.384. The van der Waals surface area contributed by atoms with Crippen LogP contribution in [0.1, 0.15) is 32.3 Å². The molecule has 19 heavy (non-hydrogen) atoms. The summed E-state index contributed by atoms with van der Waals surface area (Å²) in [6.07, 6.45) is 1.20. The number of rotatable bonds is 6. The third kappa shape index (κ3) is 3.43. The molecular weight excluding hydrogens is 248 g/mol. The summed E-state index contributed by atoms with van der Waals surface area (Å²) in [7, 11) is 0. The number of anilines is 1. The average Bonchev–Trinajstić information content (AvgIpc) is 2.31. The fraction of sp³-hybridized carbons (Fsp3) is 0.462. The predicted octanol–water partition coefficient (Wildman–Crippen LogP) is 2.96. The van der Waals surface area contributed by atoms with Crippen LogP contribution in [0.15, 0.2) is 18.2 Å². The molecule has 0 aliphatic rings. The van der Waals surface area contributed by atoms with Crippen LogP contribution in [-0.2, 0) is 4.79 Å². The first-order valence-corrected chi connectivity index (χ1v) is 6.07. The van der Waals surface area contributed by atoms with Crippen molar-refractivity contribution in [3.63, 3.8) is 0 Å². The lowest BCUT2D eigenvalue weighted by atomic mass is 9.95. The lowest BCUT2D eigenvalue weighted by Gasteiger charge is -2.27. The zero-order valence-corrected chi connectivity index (χ0v) is 11.3. The van der Waals surface area contributed by atoms with Gasteiger partial charge < -0.3 is 10.4 Å². The highest BCUT2D eigenvalue weighted by molar-refractivity contribution is 5.82. The van der Waals surface area contributed by atoms with E-state index in [1.54, 1.807) is 19.9 Å². The molecule has 0 radical (unpaired) electrons. The first kappa shape index (κ1) is 14.9. The number of aliphatic carboxylic acids is 1. The van der Waals surface area contributed by atoms with E-state index in [0.717, 1.165) is 6.42 Å². The number of hydrogen-bond donors (Lipinski definition) is 2. The molecule has 0 amide bonds. The fourth-order valence-electron chi connectivity index (χ4n) is 1.92. The predicted molar refractivity (Wildman–Crippen MR) is 72.4 cm³/mol. The van der Waals surface area contributed by atoms with Crippen molar-refractivity contribution in [2.45, 2.75) is 39.2 Å². The van der Waals surface area contributed by atoms with Crippen LogP contribution in [0.4, 0.5) is 11.4 Å². The Balaban J connectivity index is 3.04. The molecule has 0 heterocycles. The van der Waals surface area contributed by atoms with Crippen molar-refractivity contribution in [1.29, 1.82) is 0 Å². The number of aryl methyl sites for hydroxylation is 1. The number of nitro benzene ring substituents is 1. The second-order valence-electron chi connectivity index (χ2n) is 4.77. The van der Waals surface area contributed by atoms with Gasteiger partial charge in [0.25, 0.3) is 5.69 Å². The Hall–Kier alpha value is -2.11. The summed E-state index contributed by atoms with van der Waals surface area (Å²) in [6, 6.07) is 4.34. The summed E-state index contributed by atoms with van der Waals surface area (Å²) in [5.74, 6) is -0.938. The van der Waals surface area contributed by atoms with Crippen molar-refractivity contribution >= 4 is 17.3 Å². The van der Waals surface area contributed by atoms with Crippen molar-refractivity contribution in [1.82, 2.24) is 0 Å². The third-order valence-corrected chi connectivity index (χ3v) is 3.05. The van der Waals surface area contributed by atoms with Crippen LogP contribution in [0, 0.1) is 17.0 Å². The second-order valence-corrected chi connectivity index (χ2v) is 4.77. The first-order chi connectivity index (χ1) is 8.80. The van der Waals surface area contributed by atoms with Crippen LogP contribution in [0.5, 0.6) is 0 Å². The minimum absolute atomic E-state index is 0.00410. The van der Waals surface area contributed by atoms with E-state index in [2.05, 4.69) is 5.32 Å². The van der Waals surface area contributed by atoms with Gasteiger partial charge >= 0.3 is 5.97 Å². The Bertz CT molecular complexity index is 501. The Morgan fingerprint density at radius 1 is 1.53 bits per heavy atom. The molecule has 0 saturated carbocycles. The van der Waals surface area contributed by atoms with Crippen molar-refractivity contribution in [2.24, 2.45) is 0 Å². The Morgan fingerprint density at radius 3 is 2.58 bits per heavy atom. The van der Waals surface area contributed by atoms with Crippen LogP contribution in [0.3, 0.4) is 0 Å². The molecule has 6 heteroatoms. The van der Waals surface area contributed by atoms with Gasteiger partial charge in [0.05, 0.1) is 4.92 Å². The Labute approximate surface area is 111 Å². The zero-order chi connectivity index (χ0) is 14.6. The van der Waals surface area contributed by atoms with Crippen molar-refractivity contribution in [3.8, 4) is 0 Å². The standard InChI is InChI=1S/C13H18N2O4/c1-4-7-13(3,12(16)17)14-11-6-5-10(15(18)19)8-9(11)2/h5-6,8,14H,4,7H2,1-3H3,(H,16,17). The lowest BCUT2D eigenvalue weighted by Crippen LogP contribution is -2.43. The SMILES string of the molecule is CCCC(C)(Nc1ccc([N+](=O)[O-])cc1C)C(=O)O. The van der Waals surface area contributed by atoms with E-state index in [-0.39, 0.29) is 5.69 Å². The molecule has 1 atom stereocenters. The van der Waals surface area contributed by atoms with Gasteiger partial charge in [0.15, 0.2) is 0 Å². The number of carboxylic acid groups (broad SMARTS) is 1. The first-order valence-electron chi connectivity index (χ1n) is 6.07. The maximum Gasteiger partial charge on any atom is 0.329 e. The molecular formula is C13H18N2O4. The topological polar surface area (TPSA) is 92.5 Å². The smallest absolute Gasteiger partial charge is 0.329 e. The largest absolute Gasteiger partial charge is 0.480 e. The maximum absolute atomic E-state index is 11.3. The van der Waals surface area contributed by atoms with E-state index in [1.165, 1.54) is 12.1 Å². The second kappa shape index (κ2) is 5.69. The molecule has 1 rings (SSSR count). The summed E-state index contributed by atoms with van der Waals surface area (Å²) >= 11 is 0. The zero-order valence-electron chi connectivity index (χ0n) is 11.3. The molecule has 1 aromatic carbocycles. The highest BCUT2D eigenvalue weighted by atomic mass is 16.6. The molecule has 1 aromatic rings. The van der Waals surface area contributed by atoms with Crippen LogP contribution >= 0.6 is 0 Å². The number of hydrogen-bond acceptors (Lipinski definition) is 4. The number of nitrogens with zero attached hydrogens (tertiary/aromatic N) is 1. The van der Waals surface area contributed by atoms with E-state index >= 15 is 0 Å². The highest BCUT2D eigenvalue weighted by Gasteiger charge is 2.32. The molecule has 0 spiro atoms. The number of nitro groups is 1. The van der Waals surface area contributed by atoms with Crippen LogP contribution in [0.2, 0.25) is 0 Å². The van der Waals surface area contributed by atoms with Gasteiger partial charge in [0, 0.05) is 17.8 Å². The van der Waals surface area contributed by atoms with Gasteiger partial charge in [-0.15, -0.1) is 0 Å². The van der Waals surface area contributed by atoms with Gasteiger partial charge in [-0.25, -0.2) is 4.79 Å². The Morgan fingerprint density at radius 2 is 2.16 bits per heavy atom. The summed E-state index contributed by atoms with van der Waals surface area (Å²) in [5, 5.41) is 22.9. The van der Waals surface area contributed by atoms with Gasteiger partial charge in [-0.2, -0.15) is 0 Å². The number of carboxylic acids is 1. The maximum atomic E-state index is 11.3. The Kier molecular flexibility index (Phi) is 4.47. The number of nitrogens with one attached hydrogen (secondary N) is 1. The van der Waals surface area contributed by atoms with E-state index in [4.69, 9.17) is 0 Å². The highest BCUT2D eigenvalue weighted by Crippen LogP contribution is 2.26. The fourth-order valence-corrected chi connectivity index (χ4v) is 1.92. The number of benzene rings is 1. The van der Waals surface area contributed by atoms with Crippen molar-refractivity contribution in [2.75, 3.05) is 5.32 Å². The molecule has 0 aliphatic heterocycles. The van der Waals surface area contributed by atoms with E-state index < -0.39 is 16.4 Å². The minimum atomic E-state index is -1.07. The van der Waals surface area contributed by atoms with E-state index in [1.807, 2.05) is 6.92 Å². The van der Waals surface area contributed by atoms with Gasteiger partial charge in [0.2, 0.25) is 0 Å². The summed E-state index contributed by atoms with van der Waals surface area (Å²) in [5.41, 5.74) is 0.174. The molecule has 6 nitrogen and oxygen atoms in total. The summed E-state index contributed by atoms with van der Waals surface area (Å²) in [6.45, 7) is 5.23. The normalized spacial score (nSPS) is 13.6. The van der Waals surface area contributed by atoms with E-state index in [0.29, 0.717) is 17.7 Å². The quantitative estimate of drug-likeness (QED) is 0.610. The monoisotopic (exact) mass is 266 g/mol. The van der Waals surface area contributed by atoms with Gasteiger partial charge in [-0.05, 0) is 31.9 Å². The molecule has 0 saturated heterocycles. The molecule has 0 fully saturated rings.